The Morgan fingerprint density at radius 3 is 2.68 bits per heavy atom. The third-order valence-corrected chi connectivity index (χ3v) is 3.01. The van der Waals surface area contributed by atoms with Crippen LogP contribution in [0.5, 0.6) is 0 Å². The van der Waals surface area contributed by atoms with Gasteiger partial charge in [-0.25, -0.2) is 0 Å². The van der Waals surface area contributed by atoms with Crippen molar-refractivity contribution < 1.29 is 4.79 Å². The van der Waals surface area contributed by atoms with E-state index in [0.29, 0.717) is 11.3 Å². The Morgan fingerprint density at radius 1 is 1.42 bits per heavy atom. The van der Waals surface area contributed by atoms with E-state index in [2.05, 4.69) is 27.4 Å². The summed E-state index contributed by atoms with van der Waals surface area (Å²) in [4.78, 5) is 12.2. The number of hydrogen-bond donors (Lipinski definition) is 3. The van der Waals surface area contributed by atoms with E-state index in [1.165, 1.54) is 0 Å². The molecule has 0 saturated carbocycles. The van der Waals surface area contributed by atoms with Crippen LogP contribution in [0.1, 0.15) is 16.1 Å². The molecule has 0 aromatic carbocycles. The zero-order valence-corrected chi connectivity index (χ0v) is 11.2. The largest absolute Gasteiger partial charge is 0.387 e. The molecule has 2 rings (SSSR count). The summed E-state index contributed by atoms with van der Waals surface area (Å²) >= 11 is 0. The standard InChI is InChI=1S/C13H17N5O/c1-8(14-2)12-11(13(19)15-3)9(7-18(12)4)10-5-6-16-17-10/h5-7,14H,1H2,2-4H3,(H,15,19)(H,16,17). The number of rotatable bonds is 4. The maximum absolute atomic E-state index is 12.2. The normalized spacial score (nSPS) is 10.3. The quantitative estimate of drug-likeness (QED) is 0.765. The molecule has 100 valence electrons. The number of carbonyl (C=O) groups is 1. The number of aryl methyl sites for hydroxylation is 1. The maximum Gasteiger partial charge on any atom is 0.253 e. The first-order chi connectivity index (χ1) is 9.10. The van der Waals surface area contributed by atoms with Gasteiger partial charge in [0.15, 0.2) is 0 Å². The number of hydrogen-bond acceptors (Lipinski definition) is 3. The summed E-state index contributed by atoms with van der Waals surface area (Å²) in [6.45, 7) is 3.94. The molecule has 0 aliphatic carbocycles. The van der Waals surface area contributed by atoms with Gasteiger partial charge in [-0.15, -0.1) is 0 Å². The fourth-order valence-corrected chi connectivity index (χ4v) is 2.07. The van der Waals surface area contributed by atoms with Crippen LogP contribution in [0.2, 0.25) is 0 Å². The topological polar surface area (TPSA) is 74.7 Å². The van der Waals surface area contributed by atoms with Crippen LogP contribution in [0.4, 0.5) is 0 Å². The molecule has 19 heavy (non-hydrogen) atoms. The molecule has 0 radical (unpaired) electrons. The summed E-state index contributed by atoms with van der Waals surface area (Å²) in [7, 11) is 5.26. The molecule has 2 aromatic rings. The molecule has 2 heterocycles. The van der Waals surface area contributed by atoms with Crippen LogP contribution in [0, 0.1) is 0 Å². The minimum Gasteiger partial charge on any atom is -0.387 e. The first-order valence-electron chi connectivity index (χ1n) is 5.88. The van der Waals surface area contributed by atoms with Crippen LogP contribution in [0.15, 0.2) is 25.0 Å². The van der Waals surface area contributed by atoms with Crippen LogP contribution in [0.3, 0.4) is 0 Å². The Hall–Kier alpha value is -2.50. The van der Waals surface area contributed by atoms with Crippen LogP contribution >= 0.6 is 0 Å². The van der Waals surface area contributed by atoms with Gasteiger partial charge in [-0.1, -0.05) is 6.58 Å². The minimum atomic E-state index is -0.156. The van der Waals surface area contributed by atoms with E-state index in [0.717, 1.165) is 17.0 Å². The van der Waals surface area contributed by atoms with Crippen molar-refractivity contribution in [1.29, 1.82) is 0 Å². The highest BCUT2D eigenvalue weighted by molar-refractivity contribution is 6.04. The summed E-state index contributed by atoms with van der Waals surface area (Å²) < 4.78 is 1.87. The van der Waals surface area contributed by atoms with E-state index in [-0.39, 0.29) is 5.91 Å². The summed E-state index contributed by atoms with van der Waals surface area (Å²) in [5.74, 6) is -0.156. The minimum absolute atomic E-state index is 0.156. The Bertz CT molecular complexity index is 609. The van der Waals surface area contributed by atoms with Gasteiger partial charge in [0.2, 0.25) is 0 Å². The second-order valence-corrected chi connectivity index (χ2v) is 4.16. The number of nitrogens with zero attached hydrogens (tertiary/aromatic N) is 2. The summed E-state index contributed by atoms with van der Waals surface area (Å²) in [5.41, 5.74) is 3.61. The van der Waals surface area contributed by atoms with Gasteiger partial charge in [0.25, 0.3) is 5.91 Å². The summed E-state index contributed by atoms with van der Waals surface area (Å²) in [6.07, 6.45) is 3.54. The molecular weight excluding hydrogens is 242 g/mol. The molecule has 6 nitrogen and oxygen atoms in total. The highest BCUT2D eigenvalue weighted by Crippen LogP contribution is 2.29. The molecule has 3 N–H and O–H groups in total. The van der Waals surface area contributed by atoms with Crippen molar-refractivity contribution in [3.05, 3.63) is 36.3 Å². The Morgan fingerprint density at radius 2 is 2.16 bits per heavy atom. The molecular formula is C13H17N5O. The lowest BCUT2D eigenvalue weighted by molar-refractivity contribution is 0.0963. The Labute approximate surface area is 111 Å². The van der Waals surface area contributed by atoms with Gasteiger partial charge in [-0.05, 0) is 6.07 Å². The van der Waals surface area contributed by atoms with E-state index >= 15 is 0 Å². The van der Waals surface area contributed by atoms with Crippen molar-refractivity contribution in [1.82, 2.24) is 25.4 Å². The fraction of sp³-hybridized carbons (Fsp3) is 0.231. The van der Waals surface area contributed by atoms with E-state index in [4.69, 9.17) is 0 Å². The first-order valence-corrected chi connectivity index (χ1v) is 5.88. The number of H-pyrrole nitrogens is 1. The number of nitrogens with one attached hydrogen (secondary N) is 3. The third-order valence-electron chi connectivity index (χ3n) is 3.01. The second kappa shape index (κ2) is 5.01. The first kappa shape index (κ1) is 12.9. The molecule has 0 unspecified atom stereocenters. The van der Waals surface area contributed by atoms with Crippen LogP contribution in [0.25, 0.3) is 17.0 Å². The van der Waals surface area contributed by atoms with Gasteiger partial charge in [0.05, 0.1) is 22.6 Å². The lowest BCUT2D eigenvalue weighted by Gasteiger charge is -2.10. The molecule has 2 aromatic heterocycles. The monoisotopic (exact) mass is 259 g/mol. The number of amides is 1. The van der Waals surface area contributed by atoms with Crippen LogP contribution < -0.4 is 10.6 Å². The summed E-state index contributed by atoms with van der Waals surface area (Å²) in [6, 6.07) is 1.83. The van der Waals surface area contributed by atoms with Gasteiger partial charge in [0, 0.05) is 39.1 Å². The van der Waals surface area contributed by atoms with Gasteiger partial charge >= 0.3 is 0 Å². The third kappa shape index (κ3) is 2.12. The van der Waals surface area contributed by atoms with Gasteiger partial charge in [-0.2, -0.15) is 5.10 Å². The molecule has 0 bridgehead atoms. The van der Waals surface area contributed by atoms with Crippen molar-refractivity contribution in [2.24, 2.45) is 7.05 Å². The van der Waals surface area contributed by atoms with Gasteiger partial charge in [0.1, 0.15) is 0 Å². The van der Waals surface area contributed by atoms with E-state index in [1.807, 2.05) is 23.9 Å². The highest BCUT2D eigenvalue weighted by Gasteiger charge is 2.22. The molecule has 0 fully saturated rings. The number of carbonyl (C=O) groups excluding carboxylic acids is 1. The molecule has 0 spiro atoms. The van der Waals surface area contributed by atoms with Crippen molar-refractivity contribution in [3.8, 4) is 11.3 Å². The second-order valence-electron chi connectivity index (χ2n) is 4.16. The Kier molecular flexibility index (Phi) is 3.41. The van der Waals surface area contributed by atoms with Gasteiger partial charge < -0.3 is 15.2 Å². The average molecular weight is 259 g/mol. The predicted octanol–water partition coefficient (Wildman–Crippen LogP) is 0.965. The molecule has 1 amide bonds. The van der Waals surface area contributed by atoms with Crippen molar-refractivity contribution in [2.75, 3.05) is 14.1 Å². The van der Waals surface area contributed by atoms with Gasteiger partial charge in [-0.3, -0.25) is 9.89 Å². The maximum atomic E-state index is 12.2. The van der Waals surface area contributed by atoms with Crippen molar-refractivity contribution >= 4 is 11.6 Å². The number of aromatic nitrogens is 3. The van der Waals surface area contributed by atoms with E-state index in [9.17, 15) is 4.79 Å². The van der Waals surface area contributed by atoms with Crippen LogP contribution in [-0.2, 0) is 7.05 Å². The van der Waals surface area contributed by atoms with E-state index in [1.54, 1.807) is 20.3 Å². The smallest absolute Gasteiger partial charge is 0.253 e. The van der Waals surface area contributed by atoms with Crippen LogP contribution in [-0.4, -0.2) is 34.8 Å². The highest BCUT2D eigenvalue weighted by atomic mass is 16.1. The number of aromatic amines is 1. The molecule has 6 heteroatoms. The fourth-order valence-electron chi connectivity index (χ4n) is 2.07. The predicted molar refractivity (Wildman–Crippen MR) is 74.5 cm³/mol. The molecule has 0 saturated heterocycles. The molecule has 0 atom stereocenters. The van der Waals surface area contributed by atoms with Crippen molar-refractivity contribution in [2.45, 2.75) is 0 Å². The zero-order valence-electron chi connectivity index (χ0n) is 11.2. The molecule has 0 aliphatic rings. The SMILES string of the molecule is C=C(NC)c1c(C(=O)NC)c(-c2ccn[nH]2)cn1C. The lowest BCUT2D eigenvalue weighted by atomic mass is 10.1. The zero-order chi connectivity index (χ0) is 14.0. The lowest BCUT2D eigenvalue weighted by Crippen LogP contribution is -2.21. The average Bonchev–Trinajstić information content (AvgIpc) is 3.03. The summed E-state index contributed by atoms with van der Waals surface area (Å²) in [5, 5.41) is 12.4. The Balaban J connectivity index is 2.69. The van der Waals surface area contributed by atoms with E-state index < -0.39 is 0 Å². The van der Waals surface area contributed by atoms with Crippen molar-refractivity contribution in [3.63, 3.8) is 0 Å². The molecule has 0 aliphatic heterocycles.